The third-order valence-corrected chi connectivity index (χ3v) is 4.02. The van der Waals surface area contributed by atoms with E-state index in [0.717, 1.165) is 12.1 Å². The molecule has 0 bridgehead atoms. The van der Waals surface area contributed by atoms with Crippen LogP contribution in [0.3, 0.4) is 0 Å². The molecule has 0 heterocycles. The van der Waals surface area contributed by atoms with Crippen LogP contribution in [-0.4, -0.2) is 36.4 Å². The van der Waals surface area contributed by atoms with Gasteiger partial charge in [-0.05, 0) is 50.2 Å². The Morgan fingerprint density at radius 1 is 1.00 bits per heavy atom. The van der Waals surface area contributed by atoms with Crippen molar-refractivity contribution in [2.45, 2.75) is 20.0 Å². The minimum absolute atomic E-state index is 0.116. The van der Waals surface area contributed by atoms with E-state index in [1.807, 2.05) is 13.8 Å². The van der Waals surface area contributed by atoms with Crippen molar-refractivity contribution in [3.05, 3.63) is 59.7 Å². The highest BCUT2D eigenvalue weighted by atomic mass is 19.4. The zero-order chi connectivity index (χ0) is 20.7. The van der Waals surface area contributed by atoms with Crippen molar-refractivity contribution in [3.63, 3.8) is 0 Å². The van der Waals surface area contributed by atoms with E-state index in [2.05, 4.69) is 5.32 Å². The Morgan fingerprint density at radius 3 is 2.18 bits per heavy atom. The van der Waals surface area contributed by atoms with Gasteiger partial charge in [0.15, 0.2) is 6.61 Å². The number of rotatable bonds is 7. The lowest BCUT2D eigenvalue weighted by Gasteiger charge is -2.18. The van der Waals surface area contributed by atoms with Gasteiger partial charge in [0.25, 0.3) is 11.8 Å². The van der Waals surface area contributed by atoms with Crippen molar-refractivity contribution in [1.29, 1.82) is 0 Å². The fourth-order valence-electron chi connectivity index (χ4n) is 2.56. The van der Waals surface area contributed by atoms with Gasteiger partial charge in [0.2, 0.25) is 0 Å². The minimum Gasteiger partial charge on any atom is -0.483 e. The number of alkyl halides is 3. The number of carbonyl (C=O) groups is 2. The number of nitrogens with one attached hydrogen (secondary N) is 1. The SMILES string of the molecule is CCN(CC)C(=O)c1ccc(NC(=O)COc2ccccc2C(F)(F)F)cc1. The summed E-state index contributed by atoms with van der Waals surface area (Å²) in [4.78, 5) is 25.9. The lowest BCUT2D eigenvalue weighted by molar-refractivity contribution is -0.139. The van der Waals surface area contributed by atoms with Crippen LogP contribution < -0.4 is 10.1 Å². The molecule has 28 heavy (non-hydrogen) atoms. The first-order valence-corrected chi connectivity index (χ1v) is 8.74. The molecule has 2 rings (SSSR count). The summed E-state index contributed by atoms with van der Waals surface area (Å²) >= 11 is 0. The average Bonchev–Trinajstić information content (AvgIpc) is 2.67. The first-order valence-electron chi connectivity index (χ1n) is 8.74. The Kier molecular flexibility index (Phi) is 7.03. The predicted molar refractivity (Wildman–Crippen MR) is 99.3 cm³/mol. The van der Waals surface area contributed by atoms with Gasteiger partial charge >= 0.3 is 6.18 Å². The van der Waals surface area contributed by atoms with Crippen LogP contribution in [-0.2, 0) is 11.0 Å². The van der Waals surface area contributed by atoms with Gasteiger partial charge in [-0.15, -0.1) is 0 Å². The van der Waals surface area contributed by atoms with Crippen molar-refractivity contribution in [2.75, 3.05) is 25.0 Å². The van der Waals surface area contributed by atoms with Crippen LogP contribution in [0.15, 0.2) is 48.5 Å². The van der Waals surface area contributed by atoms with E-state index in [1.165, 1.54) is 12.1 Å². The van der Waals surface area contributed by atoms with Crippen LogP contribution >= 0.6 is 0 Å². The summed E-state index contributed by atoms with van der Waals surface area (Å²) in [7, 11) is 0. The average molecular weight is 394 g/mol. The van der Waals surface area contributed by atoms with Crippen molar-refractivity contribution >= 4 is 17.5 Å². The maximum atomic E-state index is 12.9. The Morgan fingerprint density at radius 2 is 1.61 bits per heavy atom. The van der Waals surface area contributed by atoms with E-state index in [4.69, 9.17) is 4.74 Å². The molecular weight excluding hydrogens is 373 g/mol. The smallest absolute Gasteiger partial charge is 0.419 e. The molecule has 0 unspecified atom stereocenters. The maximum Gasteiger partial charge on any atom is 0.419 e. The Balaban J connectivity index is 1.97. The molecule has 5 nitrogen and oxygen atoms in total. The molecule has 0 spiro atoms. The number of anilines is 1. The van der Waals surface area contributed by atoms with E-state index in [0.29, 0.717) is 24.3 Å². The standard InChI is InChI=1S/C20H21F3N2O3/c1-3-25(4-2)19(27)14-9-11-15(12-10-14)24-18(26)13-28-17-8-6-5-7-16(17)20(21,22)23/h5-12H,3-4,13H2,1-2H3,(H,24,26). The predicted octanol–water partition coefficient (Wildman–Crippen LogP) is 4.20. The summed E-state index contributed by atoms with van der Waals surface area (Å²) < 4.78 is 43.8. The number of ether oxygens (including phenoxy) is 1. The second kappa shape index (κ2) is 9.25. The van der Waals surface area contributed by atoms with E-state index < -0.39 is 30.0 Å². The molecule has 0 aromatic heterocycles. The van der Waals surface area contributed by atoms with Crippen molar-refractivity contribution in [3.8, 4) is 5.75 Å². The van der Waals surface area contributed by atoms with Crippen LogP contribution in [0, 0.1) is 0 Å². The first kappa shape index (κ1) is 21.3. The Labute approximate surface area is 161 Å². The molecule has 0 saturated heterocycles. The van der Waals surface area contributed by atoms with E-state index in [9.17, 15) is 22.8 Å². The fourth-order valence-corrected chi connectivity index (χ4v) is 2.56. The maximum absolute atomic E-state index is 12.9. The second-order valence-corrected chi connectivity index (χ2v) is 5.89. The topological polar surface area (TPSA) is 58.6 Å². The fraction of sp³-hybridized carbons (Fsp3) is 0.300. The van der Waals surface area contributed by atoms with Gasteiger partial charge in [0.1, 0.15) is 5.75 Å². The van der Waals surface area contributed by atoms with Crippen molar-refractivity contribution < 1.29 is 27.5 Å². The number of hydrogen-bond donors (Lipinski definition) is 1. The second-order valence-electron chi connectivity index (χ2n) is 5.89. The molecule has 8 heteroatoms. The molecule has 2 amide bonds. The number of hydrogen-bond acceptors (Lipinski definition) is 3. The zero-order valence-electron chi connectivity index (χ0n) is 15.5. The number of para-hydroxylation sites is 1. The molecule has 2 aromatic carbocycles. The summed E-state index contributed by atoms with van der Waals surface area (Å²) in [5, 5.41) is 2.52. The lowest BCUT2D eigenvalue weighted by atomic mass is 10.1. The van der Waals surface area contributed by atoms with Gasteiger partial charge in [-0.3, -0.25) is 9.59 Å². The molecule has 1 N–H and O–H groups in total. The molecule has 0 aliphatic rings. The molecule has 150 valence electrons. The van der Waals surface area contributed by atoms with Crippen LogP contribution in [0.1, 0.15) is 29.8 Å². The van der Waals surface area contributed by atoms with Crippen LogP contribution in [0.25, 0.3) is 0 Å². The molecular formula is C20H21F3N2O3. The number of carbonyl (C=O) groups excluding carboxylic acids is 2. The summed E-state index contributed by atoms with van der Waals surface area (Å²) in [6, 6.07) is 11.0. The highest BCUT2D eigenvalue weighted by Gasteiger charge is 2.34. The molecule has 0 aliphatic carbocycles. The summed E-state index contributed by atoms with van der Waals surface area (Å²) in [6.07, 6.45) is -4.57. The molecule has 2 aromatic rings. The minimum atomic E-state index is -4.57. The van der Waals surface area contributed by atoms with Crippen molar-refractivity contribution in [1.82, 2.24) is 4.90 Å². The molecule has 0 saturated carbocycles. The van der Waals surface area contributed by atoms with Gasteiger partial charge in [-0.1, -0.05) is 12.1 Å². The molecule has 0 radical (unpaired) electrons. The number of benzene rings is 2. The highest BCUT2D eigenvalue weighted by Crippen LogP contribution is 2.35. The quantitative estimate of drug-likeness (QED) is 0.766. The largest absolute Gasteiger partial charge is 0.483 e. The zero-order valence-corrected chi connectivity index (χ0v) is 15.5. The number of amides is 2. The number of nitrogens with zero attached hydrogens (tertiary/aromatic N) is 1. The van der Waals surface area contributed by atoms with E-state index in [-0.39, 0.29) is 5.91 Å². The van der Waals surface area contributed by atoms with Gasteiger partial charge in [-0.25, -0.2) is 0 Å². The van der Waals surface area contributed by atoms with Crippen LogP contribution in [0.4, 0.5) is 18.9 Å². The van der Waals surface area contributed by atoms with Crippen molar-refractivity contribution in [2.24, 2.45) is 0 Å². The van der Waals surface area contributed by atoms with E-state index >= 15 is 0 Å². The monoisotopic (exact) mass is 394 g/mol. The third kappa shape index (κ3) is 5.48. The Hall–Kier alpha value is -3.03. The van der Waals surface area contributed by atoms with Crippen LogP contribution in [0.5, 0.6) is 5.75 Å². The third-order valence-electron chi connectivity index (χ3n) is 4.02. The van der Waals surface area contributed by atoms with Gasteiger partial charge in [-0.2, -0.15) is 13.2 Å². The number of halogens is 3. The van der Waals surface area contributed by atoms with Gasteiger partial charge < -0.3 is 15.0 Å². The summed E-state index contributed by atoms with van der Waals surface area (Å²) in [6.45, 7) is 4.36. The normalized spacial score (nSPS) is 11.0. The lowest BCUT2D eigenvalue weighted by Crippen LogP contribution is -2.30. The van der Waals surface area contributed by atoms with Gasteiger partial charge in [0, 0.05) is 24.3 Å². The first-order chi connectivity index (χ1) is 13.3. The molecule has 0 atom stereocenters. The highest BCUT2D eigenvalue weighted by molar-refractivity contribution is 5.96. The summed E-state index contributed by atoms with van der Waals surface area (Å²) in [5.74, 6) is -1.14. The Bertz CT molecular complexity index is 816. The molecule has 0 fully saturated rings. The summed E-state index contributed by atoms with van der Waals surface area (Å²) in [5.41, 5.74) is -0.0482. The van der Waals surface area contributed by atoms with Gasteiger partial charge in [0.05, 0.1) is 5.56 Å². The van der Waals surface area contributed by atoms with E-state index in [1.54, 1.807) is 29.2 Å². The molecule has 0 aliphatic heterocycles. The van der Waals surface area contributed by atoms with Crippen LogP contribution in [0.2, 0.25) is 0 Å².